The summed E-state index contributed by atoms with van der Waals surface area (Å²) in [5, 5.41) is 12.0. The summed E-state index contributed by atoms with van der Waals surface area (Å²) in [4.78, 5) is 0. The van der Waals surface area contributed by atoms with Crippen LogP contribution in [0.25, 0.3) is 0 Å². The van der Waals surface area contributed by atoms with Gasteiger partial charge in [0, 0.05) is 0 Å². The third-order valence-electron chi connectivity index (χ3n) is 0. The van der Waals surface area contributed by atoms with Gasteiger partial charge in [0.25, 0.3) is 0 Å². The van der Waals surface area contributed by atoms with Crippen LogP contribution in [-0.4, -0.2) is 10.5 Å². The van der Waals surface area contributed by atoms with Crippen LogP contribution in [0.3, 0.4) is 0 Å². The zero-order valence-corrected chi connectivity index (χ0v) is 8.21. The first-order valence-electron chi connectivity index (χ1n) is 0.817. The minimum atomic E-state index is -5.62. The molecule has 8 heavy (non-hydrogen) atoms. The van der Waals surface area contributed by atoms with Crippen LogP contribution >= 0.6 is 0 Å². The first kappa shape index (κ1) is 16.2. The average molecular weight is 192 g/mol. The van der Waals surface area contributed by atoms with Gasteiger partial charge in [-0.25, -0.2) is 0 Å². The molecule has 0 aromatic carbocycles. The van der Waals surface area contributed by atoms with Crippen molar-refractivity contribution in [1.82, 2.24) is 0 Å². The van der Waals surface area contributed by atoms with E-state index in [9.17, 15) is 0 Å². The summed E-state index contributed by atoms with van der Waals surface area (Å²) in [6, 6.07) is 0. The Balaban J connectivity index is -0.0000000750. The van der Waals surface area contributed by atoms with Crippen molar-refractivity contribution in [2.45, 2.75) is 0 Å². The molecular weight excluding hydrogens is 190 g/mol. The molecule has 46 valence electrons. The molecule has 0 heterocycles. The van der Waals surface area contributed by atoms with Gasteiger partial charge in [0.2, 0.25) is 0 Å². The fourth-order valence-electron chi connectivity index (χ4n) is 0. The molecule has 0 aliphatic carbocycles. The van der Waals surface area contributed by atoms with Crippen molar-refractivity contribution in [3.8, 4) is 0 Å². The van der Waals surface area contributed by atoms with Crippen LogP contribution < -0.4 is 55.6 Å². The Morgan fingerprint density at radius 2 is 1.12 bits per heavy atom. The third-order valence-corrected chi connectivity index (χ3v) is 0. The van der Waals surface area contributed by atoms with Gasteiger partial charge in [-0.15, -0.1) is 0 Å². The molecule has 0 aromatic rings. The number of hydrogen-bond acceptors (Lipinski definition) is 6. The number of hydrogen-bond donors (Lipinski definition) is 2. The van der Waals surface area contributed by atoms with Crippen LogP contribution in [0.1, 0.15) is 0 Å². The second kappa shape index (κ2) is 8.44. The second-order valence-electron chi connectivity index (χ2n) is 0.378. The summed E-state index contributed by atoms with van der Waals surface area (Å²) >= 11 is -5.62. The number of rotatable bonds is 0. The molecule has 0 radical (unpaired) electrons. The van der Waals surface area contributed by atoms with Crippen molar-refractivity contribution in [3.63, 3.8) is 0 Å². The molecule has 0 aromatic heterocycles. The van der Waals surface area contributed by atoms with Gasteiger partial charge in [0.1, 0.15) is 0 Å². The van der Waals surface area contributed by atoms with E-state index in [4.69, 9.17) is 26.2 Å². The van der Waals surface area contributed by atoms with Crippen LogP contribution in [0.5, 0.6) is 0 Å². The molecular formula is H2KMnO6. The molecule has 0 unspecified atom stereocenters. The Kier molecular flexibility index (Phi) is 17.1. The average Bonchev–Trinajstić information content (AvgIpc) is 1.36. The molecule has 0 aliphatic heterocycles. The molecule has 6 nitrogen and oxygen atoms in total. The Morgan fingerprint density at radius 3 is 1.12 bits per heavy atom. The summed E-state index contributed by atoms with van der Waals surface area (Å²) in [5.41, 5.74) is 0. The van der Waals surface area contributed by atoms with E-state index < -0.39 is 13.0 Å². The summed E-state index contributed by atoms with van der Waals surface area (Å²) in [6.45, 7) is 0. The zero-order chi connectivity index (χ0) is 6.50. The molecule has 0 amide bonds. The molecule has 2 N–H and O–H groups in total. The van der Waals surface area contributed by atoms with Crippen LogP contribution in [0.2, 0.25) is 0 Å². The monoisotopic (exact) mass is 192 g/mol. The molecule has 0 fully saturated rings. The van der Waals surface area contributed by atoms with Gasteiger partial charge in [-0.3, -0.25) is 10.5 Å². The summed E-state index contributed by atoms with van der Waals surface area (Å²) in [6.07, 6.45) is 0. The van der Waals surface area contributed by atoms with Crippen LogP contribution in [0.4, 0.5) is 0 Å². The maximum absolute atomic E-state index is 8.58. The van der Waals surface area contributed by atoms with Crippen LogP contribution in [-0.2, 0) is 24.5 Å². The molecule has 0 bridgehead atoms. The van der Waals surface area contributed by atoms with E-state index in [1.54, 1.807) is 0 Å². The van der Waals surface area contributed by atoms with E-state index in [0.29, 0.717) is 0 Å². The summed E-state index contributed by atoms with van der Waals surface area (Å²) in [5.74, 6) is 0. The van der Waals surface area contributed by atoms with Crippen molar-refractivity contribution in [1.29, 1.82) is 0 Å². The molecule has 0 saturated carbocycles. The minimum absolute atomic E-state index is 0. The maximum atomic E-state index is 8.58. The van der Waals surface area contributed by atoms with E-state index in [-0.39, 0.29) is 51.4 Å². The van der Waals surface area contributed by atoms with E-state index in [1.807, 2.05) is 0 Å². The Morgan fingerprint density at radius 1 is 1.12 bits per heavy atom. The van der Waals surface area contributed by atoms with Gasteiger partial charge in [-0.2, -0.15) is 0 Å². The SMILES string of the molecule is OO.[K+].[O]=[Mn](=[O])(=[O])[O-]. The molecule has 0 aliphatic rings. The van der Waals surface area contributed by atoms with Crippen LogP contribution in [0.15, 0.2) is 0 Å². The molecule has 0 saturated heterocycles. The molecule has 0 rings (SSSR count). The molecule has 8 heteroatoms. The second-order valence-corrected chi connectivity index (χ2v) is 1.56. The van der Waals surface area contributed by atoms with Gasteiger partial charge in [-0.1, -0.05) is 0 Å². The van der Waals surface area contributed by atoms with Gasteiger partial charge in [0.15, 0.2) is 0 Å². The summed E-state index contributed by atoms with van der Waals surface area (Å²) < 4.78 is 34.3. The fourth-order valence-corrected chi connectivity index (χ4v) is 0. The van der Waals surface area contributed by atoms with Gasteiger partial charge < -0.3 is 0 Å². The van der Waals surface area contributed by atoms with Crippen molar-refractivity contribution in [3.05, 3.63) is 0 Å². The van der Waals surface area contributed by atoms with Crippen molar-refractivity contribution < 1.29 is 90.6 Å². The third kappa shape index (κ3) is 149. The van der Waals surface area contributed by atoms with E-state index >= 15 is 0 Å². The fraction of sp³-hybridized carbons (Fsp3) is 0. The van der Waals surface area contributed by atoms with Gasteiger partial charge in [-0.05, 0) is 0 Å². The Hall–Kier alpha value is 1.44. The normalized spacial score (nSPS) is 7.88. The Labute approximate surface area is 89.0 Å². The van der Waals surface area contributed by atoms with E-state index in [1.165, 1.54) is 0 Å². The van der Waals surface area contributed by atoms with E-state index in [2.05, 4.69) is 0 Å². The van der Waals surface area contributed by atoms with E-state index in [0.717, 1.165) is 0 Å². The standard InChI is InChI=1S/K.Mn.H2O2.4O/c;;1-2;;;;/h;;1-2H;;;;/q+1;;;;;;-1. The van der Waals surface area contributed by atoms with Crippen molar-refractivity contribution in [2.24, 2.45) is 0 Å². The van der Waals surface area contributed by atoms with Crippen molar-refractivity contribution in [2.75, 3.05) is 0 Å². The first-order valence-corrected chi connectivity index (χ1v) is 2.74. The Bertz CT molecular complexity index is 130. The van der Waals surface area contributed by atoms with Crippen LogP contribution in [0, 0.1) is 0 Å². The van der Waals surface area contributed by atoms with Gasteiger partial charge in [0.05, 0.1) is 0 Å². The molecule has 0 atom stereocenters. The van der Waals surface area contributed by atoms with Gasteiger partial charge >= 0.3 is 80.0 Å². The zero-order valence-electron chi connectivity index (χ0n) is 3.91. The predicted octanol–water partition coefficient (Wildman–Crippen LogP) is -4.53. The predicted molar refractivity (Wildman–Crippen MR) is 7.32 cm³/mol. The quantitative estimate of drug-likeness (QED) is 0.227. The topological polar surface area (TPSA) is 115 Å². The first-order chi connectivity index (χ1) is 3.00. The van der Waals surface area contributed by atoms with Crippen molar-refractivity contribution >= 4 is 0 Å². The summed E-state index contributed by atoms with van der Waals surface area (Å²) in [7, 11) is 0. The molecule has 0 spiro atoms.